The number of anilines is 2. The number of morpholine rings is 1. The van der Waals surface area contributed by atoms with Crippen LogP contribution in [0.2, 0.25) is 0 Å². The summed E-state index contributed by atoms with van der Waals surface area (Å²) in [6.45, 7) is 4.50. The zero-order chi connectivity index (χ0) is 19.8. The van der Waals surface area contributed by atoms with Crippen LogP contribution in [0, 0.1) is 0 Å². The predicted molar refractivity (Wildman–Crippen MR) is 115 cm³/mol. The van der Waals surface area contributed by atoms with Crippen LogP contribution in [0.1, 0.15) is 23.7 Å². The van der Waals surface area contributed by atoms with Crippen molar-refractivity contribution in [1.29, 1.82) is 0 Å². The SMILES string of the molecule is CCOc1ccc(NC(=O)c2ccc(NC(=O)CC3COCCN3)cc2)cc1.Cl. The highest BCUT2D eigenvalue weighted by atomic mass is 35.5. The zero-order valence-corrected chi connectivity index (χ0v) is 17.1. The van der Waals surface area contributed by atoms with Crippen LogP contribution in [-0.2, 0) is 9.53 Å². The van der Waals surface area contributed by atoms with Gasteiger partial charge in [-0.15, -0.1) is 12.4 Å². The second-order valence-electron chi connectivity index (χ2n) is 6.47. The van der Waals surface area contributed by atoms with E-state index in [4.69, 9.17) is 9.47 Å². The summed E-state index contributed by atoms with van der Waals surface area (Å²) in [5, 5.41) is 8.93. The van der Waals surface area contributed by atoms with Gasteiger partial charge in [0.15, 0.2) is 0 Å². The summed E-state index contributed by atoms with van der Waals surface area (Å²) in [6, 6.07) is 14.0. The van der Waals surface area contributed by atoms with E-state index in [0.29, 0.717) is 43.2 Å². The van der Waals surface area contributed by atoms with E-state index in [1.165, 1.54) is 0 Å². The number of rotatable bonds is 7. The quantitative estimate of drug-likeness (QED) is 0.641. The van der Waals surface area contributed by atoms with E-state index in [1.807, 2.05) is 19.1 Å². The van der Waals surface area contributed by atoms with Gasteiger partial charge in [0, 0.05) is 35.9 Å². The first kappa shape index (κ1) is 22.7. The second kappa shape index (κ2) is 11.4. The molecule has 1 heterocycles. The number of carbonyl (C=O) groups is 2. The van der Waals surface area contributed by atoms with E-state index in [1.54, 1.807) is 36.4 Å². The van der Waals surface area contributed by atoms with Crippen molar-refractivity contribution in [1.82, 2.24) is 5.32 Å². The van der Waals surface area contributed by atoms with E-state index >= 15 is 0 Å². The van der Waals surface area contributed by atoms with Gasteiger partial charge in [-0.25, -0.2) is 0 Å². The van der Waals surface area contributed by atoms with Crippen molar-refractivity contribution in [2.75, 3.05) is 37.0 Å². The molecule has 3 rings (SSSR count). The lowest BCUT2D eigenvalue weighted by Crippen LogP contribution is -2.43. The molecular weight excluding hydrogens is 394 g/mol. The van der Waals surface area contributed by atoms with Crippen LogP contribution in [0.25, 0.3) is 0 Å². The first-order valence-electron chi connectivity index (χ1n) is 9.39. The van der Waals surface area contributed by atoms with Gasteiger partial charge in [0.25, 0.3) is 5.91 Å². The van der Waals surface area contributed by atoms with Crippen LogP contribution in [0.15, 0.2) is 48.5 Å². The Labute approximate surface area is 176 Å². The number of nitrogens with one attached hydrogen (secondary N) is 3. The maximum Gasteiger partial charge on any atom is 0.255 e. The third-order valence-corrected chi connectivity index (χ3v) is 4.28. The van der Waals surface area contributed by atoms with Gasteiger partial charge in [-0.1, -0.05) is 0 Å². The molecule has 1 aliphatic heterocycles. The van der Waals surface area contributed by atoms with Crippen LogP contribution in [0.4, 0.5) is 11.4 Å². The molecule has 1 unspecified atom stereocenters. The van der Waals surface area contributed by atoms with Crippen LogP contribution >= 0.6 is 12.4 Å². The Balaban J connectivity index is 0.00000300. The second-order valence-corrected chi connectivity index (χ2v) is 6.47. The van der Waals surface area contributed by atoms with E-state index in [0.717, 1.165) is 12.3 Å². The monoisotopic (exact) mass is 419 g/mol. The molecule has 0 bridgehead atoms. The minimum Gasteiger partial charge on any atom is -0.494 e. The minimum atomic E-state index is -0.217. The van der Waals surface area contributed by atoms with E-state index in [9.17, 15) is 9.59 Å². The Morgan fingerprint density at radius 2 is 1.72 bits per heavy atom. The summed E-state index contributed by atoms with van der Waals surface area (Å²) >= 11 is 0. The Bertz CT molecular complexity index is 791. The first-order valence-corrected chi connectivity index (χ1v) is 9.39. The van der Waals surface area contributed by atoms with Gasteiger partial charge in [0.1, 0.15) is 5.75 Å². The first-order chi connectivity index (χ1) is 13.6. The molecule has 8 heteroatoms. The van der Waals surface area contributed by atoms with Crippen molar-refractivity contribution in [2.45, 2.75) is 19.4 Å². The fourth-order valence-electron chi connectivity index (χ4n) is 2.90. The van der Waals surface area contributed by atoms with Gasteiger partial charge in [-0.3, -0.25) is 9.59 Å². The molecule has 3 N–H and O–H groups in total. The number of hydrogen-bond donors (Lipinski definition) is 3. The van der Waals surface area contributed by atoms with Crippen molar-refractivity contribution in [3.8, 4) is 5.75 Å². The molecule has 7 nitrogen and oxygen atoms in total. The fraction of sp³-hybridized carbons (Fsp3) is 0.333. The van der Waals surface area contributed by atoms with Gasteiger partial charge >= 0.3 is 0 Å². The highest BCUT2D eigenvalue weighted by molar-refractivity contribution is 6.04. The summed E-state index contributed by atoms with van der Waals surface area (Å²) in [4.78, 5) is 24.5. The molecule has 2 amide bonds. The Hall–Kier alpha value is -2.61. The molecular formula is C21H26ClN3O4. The smallest absolute Gasteiger partial charge is 0.255 e. The largest absolute Gasteiger partial charge is 0.494 e. The Morgan fingerprint density at radius 3 is 2.34 bits per heavy atom. The lowest BCUT2D eigenvalue weighted by molar-refractivity contribution is -0.117. The molecule has 29 heavy (non-hydrogen) atoms. The van der Waals surface area contributed by atoms with Crippen molar-refractivity contribution < 1.29 is 19.1 Å². The third kappa shape index (κ3) is 7.05. The summed E-state index contributed by atoms with van der Waals surface area (Å²) in [7, 11) is 0. The molecule has 0 saturated carbocycles. The Morgan fingerprint density at radius 1 is 1.07 bits per heavy atom. The molecule has 1 fully saturated rings. The van der Waals surface area contributed by atoms with Crippen molar-refractivity contribution in [3.05, 3.63) is 54.1 Å². The molecule has 2 aromatic carbocycles. The van der Waals surface area contributed by atoms with Gasteiger partial charge in [0.2, 0.25) is 5.91 Å². The van der Waals surface area contributed by atoms with Crippen LogP contribution in [0.5, 0.6) is 5.75 Å². The summed E-state index contributed by atoms with van der Waals surface area (Å²) in [5.41, 5.74) is 1.85. The van der Waals surface area contributed by atoms with Gasteiger partial charge in [-0.2, -0.15) is 0 Å². The lowest BCUT2D eigenvalue weighted by Gasteiger charge is -2.23. The van der Waals surface area contributed by atoms with Crippen LogP contribution in [-0.4, -0.2) is 44.2 Å². The highest BCUT2D eigenvalue weighted by Crippen LogP contribution is 2.17. The maximum atomic E-state index is 12.4. The van der Waals surface area contributed by atoms with Gasteiger partial charge < -0.3 is 25.4 Å². The van der Waals surface area contributed by atoms with Gasteiger partial charge in [-0.05, 0) is 55.5 Å². The zero-order valence-electron chi connectivity index (χ0n) is 16.3. The number of benzene rings is 2. The standard InChI is InChI=1S/C21H25N3O4.ClH/c1-2-28-19-9-7-17(8-10-19)24-21(26)15-3-5-16(6-4-15)23-20(25)13-18-14-27-12-11-22-18;/h3-10,18,22H,2,11-14H2,1H3,(H,23,25)(H,24,26);1H. The third-order valence-electron chi connectivity index (χ3n) is 4.28. The van der Waals surface area contributed by atoms with E-state index < -0.39 is 0 Å². The van der Waals surface area contributed by atoms with Crippen molar-refractivity contribution in [2.24, 2.45) is 0 Å². The topological polar surface area (TPSA) is 88.7 Å². The summed E-state index contributed by atoms with van der Waals surface area (Å²) in [6.07, 6.45) is 0.347. The Kier molecular flexibility index (Phi) is 8.92. The number of carbonyl (C=O) groups excluding carboxylic acids is 2. The molecule has 0 aromatic heterocycles. The van der Waals surface area contributed by atoms with Crippen LogP contribution < -0.4 is 20.7 Å². The molecule has 0 spiro atoms. The van der Waals surface area contributed by atoms with Crippen LogP contribution in [0.3, 0.4) is 0 Å². The van der Waals surface area contributed by atoms with E-state index in [2.05, 4.69) is 16.0 Å². The molecule has 0 radical (unpaired) electrons. The number of hydrogen-bond acceptors (Lipinski definition) is 5. The van der Waals surface area contributed by atoms with Crippen molar-refractivity contribution >= 4 is 35.6 Å². The molecule has 2 aromatic rings. The molecule has 156 valence electrons. The number of ether oxygens (including phenoxy) is 2. The van der Waals surface area contributed by atoms with E-state index in [-0.39, 0.29) is 30.3 Å². The number of halogens is 1. The average Bonchev–Trinajstić information content (AvgIpc) is 2.71. The average molecular weight is 420 g/mol. The molecule has 1 saturated heterocycles. The minimum absolute atomic E-state index is 0. The lowest BCUT2D eigenvalue weighted by atomic mass is 10.1. The summed E-state index contributed by atoms with van der Waals surface area (Å²) < 4.78 is 10.7. The molecule has 0 aliphatic carbocycles. The fourth-order valence-corrected chi connectivity index (χ4v) is 2.90. The number of amides is 2. The molecule has 1 aliphatic rings. The van der Waals surface area contributed by atoms with Gasteiger partial charge in [0.05, 0.1) is 19.8 Å². The predicted octanol–water partition coefficient (Wildman–Crippen LogP) is 3.08. The molecule has 1 atom stereocenters. The normalized spacial score (nSPS) is 15.7. The summed E-state index contributed by atoms with van der Waals surface area (Å²) in [5.74, 6) is 0.454. The highest BCUT2D eigenvalue weighted by Gasteiger charge is 2.17. The van der Waals surface area contributed by atoms with Crippen molar-refractivity contribution in [3.63, 3.8) is 0 Å². The maximum absolute atomic E-state index is 12.4.